The number of halogens is 3. The summed E-state index contributed by atoms with van der Waals surface area (Å²) in [7, 11) is 0. The van der Waals surface area contributed by atoms with E-state index in [0.717, 1.165) is 17.7 Å². The van der Waals surface area contributed by atoms with Gasteiger partial charge in [-0.25, -0.2) is 13.2 Å². The zero-order chi connectivity index (χ0) is 13.3. The van der Waals surface area contributed by atoms with Crippen molar-refractivity contribution in [3.63, 3.8) is 0 Å². The zero-order valence-electron chi connectivity index (χ0n) is 9.60. The third kappa shape index (κ3) is 2.25. The lowest BCUT2D eigenvalue weighted by Crippen LogP contribution is -1.99. The lowest BCUT2D eigenvalue weighted by Gasteiger charge is -2.11. The molecule has 18 heavy (non-hydrogen) atoms. The summed E-state index contributed by atoms with van der Waals surface area (Å²) in [5, 5.41) is 2.80. The van der Waals surface area contributed by atoms with Gasteiger partial charge in [-0.1, -0.05) is 6.07 Å². The Bertz CT molecular complexity index is 574. The highest BCUT2D eigenvalue weighted by Gasteiger charge is 2.11. The van der Waals surface area contributed by atoms with Gasteiger partial charge in [0.2, 0.25) is 0 Å². The third-order valence-corrected chi connectivity index (χ3v) is 2.64. The first kappa shape index (κ1) is 12.3. The summed E-state index contributed by atoms with van der Waals surface area (Å²) in [6.07, 6.45) is 0. The maximum absolute atomic E-state index is 13.0. The lowest BCUT2D eigenvalue weighted by atomic mass is 10.1. The molecule has 5 heteroatoms. The van der Waals surface area contributed by atoms with Crippen LogP contribution in [0, 0.1) is 24.4 Å². The molecule has 0 bridgehead atoms. The van der Waals surface area contributed by atoms with Gasteiger partial charge in [-0.3, -0.25) is 0 Å². The molecule has 0 aliphatic heterocycles. The quantitative estimate of drug-likeness (QED) is 0.631. The Hall–Kier alpha value is -2.17. The Balaban J connectivity index is 2.37. The van der Waals surface area contributed by atoms with Crippen LogP contribution in [0.25, 0.3) is 0 Å². The molecule has 0 saturated heterocycles. The van der Waals surface area contributed by atoms with Crippen LogP contribution in [0.1, 0.15) is 5.56 Å². The van der Waals surface area contributed by atoms with Crippen LogP contribution in [0.4, 0.5) is 30.2 Å². The molecule has 2 rings (SSSR count). The summed E-state index contributed by atoms with van der Waals surface area (Å²) in [6, 6.07) is 6.92. The molecule has 2 nitrogen and oxygen atoms in total. The number of benzene rings is 2. The standard InChI is InChI=1S/C13H11F3N2/c1-7-11(17)3-2-4-12(7)18-8-5-9(14)13(16)10(15)6-8/h2-6,18H,17H2,1H3. The Morgan fingerprint density at radius 3 is 2.28 bits per heavy atom. The summed E-state index contributed by atoms with van der Waals surface area (Å²) >= 11 is 0. The summed E-state index contributed by atoms with van der Waals surface area (Å²) in [6.45, 7) is 1.77. The third-order valence-electron chi connectivity index (χ3n) is 2.64. The first-order valence-electron chi connectivity index (χ1n) is 5.25. The van der Waals surface area contributed by atoms with E-state index in [0.29, 0.717) is 11.4 Å². The summed E-state index contributed by atoms with van der Waals surface area (Å²) in [4.78, 5) is 0. The van der Waals surface area contributed by atoms with Crippen LogP contribution < -0.4 is 11.1 Å². The van der Waals surface area contributed by atoms with E-state index in [-0.39, 0.29) is 5.69 Å². The summed E-state index contributed by atoms with van der Waals surface area (Å²) in [5.74, 6) is -3.96. The van der Waals surface area contributed by atoms with Gasteiger partial charge in [0.05, 0.1) is 0 Å². The second-order valence-corrected chi connectivity index (χ2v) is 3.90. The maximum atomic E-state index is 13.0. The maximum Gasteiger partial charge on any atom is 0.194 e. The van der Waals surface area contributed by atoms with E-state index in [1.54, 1.807) is 25.1 Å². The van der Waals surface area contributed by atoms with Gasteiger partial charge in [0.25, 0.3) is 0 Å². The Kier molecular flexibility index (Phi) is 3.14. The topological polar surface area (TPSA) is 38.0 Å². The normalized spacial score (nSPS) is 10.4. The van der Waals surface area contributed by atoms with Gasteiger partial charge < -0.3 is 11.1 Å². The summed E-state index contributed by atoms with van der Waals surface area (Å²) in [5.41, 5.74) is 7.76. The van der Waals surface area contributed by atoms with Gasteiger partial charge in [-0.05, 0) is 24.6 Å². The fourth-order valence-electron chi connectivity index (χ4n) is 1.57. The highest BCUT2D eigenvalue weighted by molar-refractivity contribution is 5.69. The van der Waals surface area contributed by atoms with Crippen LogP contribution in [0.5, 0.6) is 0 Å². The van der Waals surface area contributed by atoms with Crippen LogP contribution in [0.3, 0.4) is 0 Å². The fourth-order valence-corrected chi connectivity index (χ4v) is 1.57. The molecule has 0 radical (unpaired) electrons. The minimum atomic E-state index is -1.48. The number of hydrogen-bond donors (Lipinski definition) is 2. The smallest absolute Gasteiger partial charge is 0.194 e. The van der Waals surface area contributed by atoms with E-state index in [4.69, 9.17) is 5.73 Å². The zero-order valence-corrected chi connectivity index (χ0v) is 9.60. The van der Waals surface area contributed by atoms with Crippen molar-refractivity contribution in [1.82, 2.24) is 0 Å². The molecule has 3 N–H and O–H groups in total. The highest BCUT2D eigenvalue weighted by Crippen LogP contribution is 2.26. The molecule has 0 aromatic heterocycles. The molecule has 0 amide bonds. The van der Waals surface area contributed by atoms with E-state index in [1.807, 2.05) is 0 Å². The van der Waals surface area contributed by atoms with Crippen molar-refractivity contribution >= 4 is 17.1 Å². The van der Waals surface area contributed by atoms with Gasteiger partial charge in [-0.15, -0.1) is 0 Å². The number of anilines is 3. The molecule has 94 valence electrons. The first-order chi connectivity index (χ1) is 8.49. The van der Waals surface area contributed by atoms with Crippen molar-refractivity contribution in [2.45, 2.75) is 6.92 Å². The van der Waals surface area contributed by atoms with Gasteiger partial charge in [0.1, 0.15) is 0 Å². The van der Waals surface area contributed by atoms with Gasteiger partial charge in [0, 0.05) is 29.2 Å². The molecule has 0 unspecified atom stereocenters. The average molecular weight is 252 g/mol. The van der Waals surface area contributed by atoms with E-state index < -0.39 is 17.5 Å². The molecule has 2 aromatic carbocycles. The molecule has 0 aliphatic carbocycles. The van der Waals surface area contributed by atoms with Crippen LogP contribution >= 0.6 is 0 Å². The van der Waals surface area contributed by atoms with E-state index in [9.17, 15) is 13.2 Å². The largest absolute Gasteiger partial charge is 0.398 e. The van der Waals surface area contributed by atoms with E-state index in [2.05, 4.69) is 5.32 Å². The molecule has 2 aromatic rings. The lowest BCUT2D eigenvalue weighted by molar-refractivity contribution is 0.448. The van der Waals surface area contributed by atoms with Crippen LogP contribution in [-0.2, 0) is 0 Å². The van der Waals surface area contributed by atoms with E-state index in [1.165, 1.54) is 0 Å². The highest BCUT2D eigenvalue weighted by atomic mass is 19.2. The number of nitrogen functional groups attached to an aromatic ring is 1. The van der Waals surface area contributed by atoms with Crippen molar-refractivity contribution in [2.75, 3.05) is 11.1 Å². The molecule has 0 fully saturated rings. The van der Waals surface area contributed by atoms with Gasteiger partial charge in [0.15, 0.2) is 17.5 Å². The Labute approximate surface area is 102 Å². The van der Waals surface area contributed by atoms with E-state index >= 15 is 0 Å². The average Bonchev–Trinajstić information content (AvgIpc) is 2.32. The Morgan fingerprint density at radius 1 is 1.06 bits per heavy atom. The van der Waals surface area contributed by atoms with Crippen molar-refractivity contribution in [1.29, 1.82) is 0 Å². The predicted molar refractivity (Wildman–Crippen MR) is 65.2 cm³/mol. The van der Waals surface area contributed by atoms with Crippen molar-refractivity contribution in [3.8, 4) is 0 Å². The molecular formula is C13H11F3N2. The number of rotatable bonds is 2. The Morgan fingerprint density at radius 2 is 1.67 bits per heavy atom. The minimum Gasteiger partial charge on any atom is -0.398 e. The first-order valence-corrected chi connectivity index (χ1v) is 5.25. The summed E-state index contributed by atoms with van der Waals surface area (Å²) < 4.78 is 38.9. The van der Waals surface area contributed by atoms with Gasteiger partial charge >= 0.3 is 0 Å². The number of nitrogens with two attached hydrogens (primary N) is 1. The number of nitrogens with one attached hydrogen (secondary N) is 1. The van der Waals surface area contributed by atoms with Crippen LogP contribution in [0.15, 0.2) is 30.3 Å². The fraction of sp³-hybridized carbons (Fsp3) is 0.0769. The molecular weight excluding hydrogens is 241 g/mol. The van der Waals surface area contributed by atoms with Crippen molar-refractivity contribution in [3.05, 3.63) is 53.3 Å². The monoisotopic (exact) mass is 252 g/mol. The molecule has 0 heterocycles. The van der Waals surface area contributed by atoms with Crippen LogP contribution in [-0.4, -0.2) is 0 Å². The minimum absolute atomic E-state index is 0.125. The molecule has 0 atom stereocenters. The number of hydrogen-bond acceptors (Lipinski definition) is 2. The second-order valence-electron chi connectivity index (χ2n) is 3.90. The molecule has 0 spiro atoms. The predicted octanol–water partition coefficient (Wildman–Crippen LogP) is 3.74. The molecule has 0 saturated carbocycles. The second kappa shape index (κ2) is 4.60. The molecule has 0 aliphatic rings. The van der Waals surface area contributed by atoms with Crippen molar-refractivity contribution < 1.29 is 13.2 Å². The van der Waals surface area contributed by atoms with Crippen LogP contribution in [0.2, 0.25) is 0 Å². The van der Waals surface area contributed by atoms with Crippen molar-refractivity contribution in [2.24, 2.45) is 0 Å². The SMILES string of the molecule is Cc1c(N)cccc1Nc1cc(F)c(F)c(F)c1. The van der Waals surface area contributed by atoms with Gasteiger partial charge in [-0.2, -0.15) is 0 Å².